The van der Waals surface area contributed by atoms with Crippen molar-refractivity contribution in [1.29, 1.82) is 0 Å². The lowest BCUT2D eigenvalue weighted by Crippen LogP contribution is -2.25. The van der Waals surface area contributed by atoms with Gasteiger partial charge in [0.25, 0.3) is 0 Å². The van der Waals surface area contributed by atoms with Gasteiger partial charge in [-0.05, 0) is 31.0 Å². The number of nitrogens with zero attached hydrogens (tertiary/aromatic N) is 1. The second kappa shape index (κ2) is 6.04. The lowest BCUT2D eigenvalue weighted by molar-refractivity contribution is -0.117. The van der Waals surface area contributed by atoms with Crippen molar-refractivity contribution in [3.63, 3.8) is 0 Å². The third-order valence-electron chi connectivity index (χ3n) is 3.35. The second-order valence-electron chi connectivity index (χ2n) is 4.87. The van der Waals surface area contributed by atoms with E-state index < -0.39 is 6.10 Å². The standard InChI is InChI=1S/C14H20N2O3/c1-10-4-5-11(16-6-2-3-14(16)19)7-13(10)15-8-12(18)9-17/h4-5,7,12,15,17-18H,2-3,6,8-9H2,1H3. The molecule has 19 heavy (non-hydrogen) atoms. The monoisotopic (exact) mass is 264 g/mol. The molecule has 0 spiro atoms. The maximum Gasteiger partial charge on any atom is 0.227 e. The number of aliphatic hydroxyl groups excluding tert-OH is 2. The molecule has 5 heteroatoms. The summed E-state index contributed by atoms with van der Waals surface area (Å²) in [5, 5.41) is 21.3. The first-order valence-corrected chi connectivity index (χ1v) is 6.55. The topological polar surface area (TPSA) is 72.8 Å². The molecule has 1 saturated heterocycles. The molecule has 2 rings (SSSR count). The molecule has 1 aliphatic heterocycles. The first-order valence-electron chi connectivity index (χ1n) is 6.55. The van der Waals surface area contributed by atoms with Crippen molar-refractivity contribution in [3.05, 3.63) is 23.8 Å². The van der Waals surface area contributed by atoms with E-state index in [4.69, 9.17) is 5.11 Å². The van der Waals surface area contributed by atoms with Crippen molar-refractivity contribution in [2.45, 2.75) is 25.9 Å². The molecule has 1 heterocycles. The maximum absolute atomic E-state index is 11.7. The molecule has 1 atom stereocenters. The molecule has 0 bridgehead atoms. The van der Waals surface area contributed by atoms with Gasteiger partial charge < -0.3 is 20.4 Å². The number of hydrogen-bond donors (Lipinski definition) is 3. The average molecular weight is 264 g/mol. The summed E-state index contributed by atoms with van der Waals surface area (Å²) in [6.07, 6.45) is 0.731. The van der Waals surface area contributed by atoms with E-state index in [1.54, 1.807) is 4.90 Å². The number of carbonyl (C=O) groups is 1. The van der Waals surface area contributed by atoms with Crippen molar-refractivity contribution in [1.82, 2.24) is 0 Å². The van der Waals surface area contributed by atoms with Gasteiger partial charge in [-0.1, -0.05) is 6.07 Å². The third kappa shape index (κ3) is 3.24. The van der Waals surface area contributed by atoms with Crippen LogP contribution >= 0.6 is 0 Å². The van der Waals surface area contributed by atoms with Crippen LogP contribution in [0.15, 0.2) is 18.2 Å². The average Bonchev–Trinajstić information content (AvgIpc) is 2.83. The zero-order chi connectivity index (χ0) is 13.8. The van der Waals surface area contributed by atoms with Crippen molar-refractivity contribution >= 4 is 17.3 Å². The normalized spacial score (nSPS) is 16.8. The lowest BCUT2D eigenvalue weighted by atomic mass is 10.1. The van der Waals surface area contributed by atoms with Crippen molar-refractivity contribution in [2.24, 2.45) is 0 Å². The van der Waals surface area contributed by atoms with Gasteiger partial charge in [-0.3, -0.25) is 4.79 Å². The zero-order valence-corrected chi connectivity index (χ0v) is 11.1. The fourth-order valence-corrected chi connectivity index (χ4v) is 2.18. The highest BCUT2D eigenvalue weighted by atomic mass is 16.3. The van der Waals surface area contributed by atoms with Gasteiger partial charge in [-0.25, -0.2) is 0 Å². The molecule has 0 radical (unpaired) electrons. The van der Waals surface area contributed by atoms with Gasteiger partial charge in [-0.2, -0.15) is 0 Å². The van der Waals surface area contributed by atoms with Gasteiger partial charge in [0.05, 0.1) is 12.7 Å². The second-order valence-corrected chi connectivity index (χ2v) is 4.87. The Hall–Kier alpha value is -1.59. The van der Waals surface area contributed by atoms with Crippen LogP contribution in [-0.4, -0.2) is 41.9 Å². The molecule has 1 aromatic rings. The van der Waals surface area contributed by atoms with E-state index in [1.807, 2.05) is 25.1 Å². The van der Waals surface area contributed by atoms with Crippen molar-refractivity contribution in [2.75, 3.05) is 29.9 Å². The van der Waals surface area contributed by atoms with Gasteiger partial charge in [0.1, 0.15) is 0 Å². The highest BCUT2D eigenvalue weighted by Crippen LogP contribution is 2.26. The fraction of sp³-hybridized carbons (Fsp3) is 0.500. The minimum absolute atomic E-state index is 0.158. The van der Waals surface area contributed by atoms with E-state index in [1.165, 1.54) is 0 Å². The number of hydrogen-bond acceptors (Lipinski definition) is 4. The summed E-state index contributed by atoms with van der Waals surface area (Å²) in [6.45, 7) is 2.74. The minimum Gasteiger partial charge on any atom is -0.394 e. The van der Waals surface area contributed by atoms with Crippen LogP contribution in [-0.2, 0) is 4.79 Å². The van der Waals surface area contributed by atoms with Crippen LogP contribution in [0, 0.1) is 6.92 Å². The van der Waals surface area contributed by atoms with E-state index >= 15 is 0 Å². The summed E-state index contributed by atoms with van der Waals surface area (Å²) < 4.78 is 0. The van der Waals surface area contributed by atoms with Gasteiger partial charge in [-0.15, -0.1) is 0 Å². The van der Waals surface area contributed by atoms with Gasteiger partial charge in [0.2, 0.25) is 5.91 Å². The van der Waals surface area contributed by atoms with E-state index in [9.17, 15) is 9.90 Å². The maximum atomic E-state index is 11.7. The fourth-order valence-electron chi connectivity index (χ4n) is 2.18. The number of aliphatic hydroxyl groups is 2. The van der Waals surface area contributed by atoms with Crippen LogP contribution in [0.3, 0.4) is 0 Å². The molecule has 0 saturated carbocycles. The van der Waals surface area contributed by atoms with Gasteiger partial charge in [0.15, 0.2) is 0 Å². The Kier molecular flexibility index (Phi) is 4.39. The summed E-state index contributed by atoms with van der Waals surface area (Å²) >= 11 is 0. The molecule has 1 aromatic carbocycles. The molecule has 1 aliphatic rings. The Bertz CT molecular complexity index is 462. The number of aryl methyl sites for hydroxylation is 1. The Morgan fingerprint density at radius 3 is 2.89 bits per heavy atom. The third-order valence-corrected chi connectivity index (χ3v) is 3.35. The number of amides is 1. The summed E-state index contributed by atoms with van der Waals surface area (Å²) in [5.74, 6) is 0.158. The van der Waals surface area contributed by atoms with Crippen LogP contribution in [0.1, 0.15) is 18.4 Å². The number of nitrogens with one attached hydrogen (secondary N) is 1. The Morgan fingerprint density at radius 1 is 1.47 bits per heavy atom. The van der Waals surface area contributed by atoms with Crippen LogP contribution in [0.25, 0.3) is 0 Å². The first-order chi connectivity index (χ1) is 9.11. The summed E-state index contributed by atoms with van der Waals surface area (Å²) in [6, 6.07) is 5.81. The minimum atomic E-state index is -0.781. The van der Waals surface area contributed by atoms with Gasteiger partial charge >= 0.3 is 0 Å². The van der Waals surface area contributed by atoms with Crippen LogP contribution in [0.4, 0.5) is 11.4 Å². The van der Waals surface area contributed by atoms with E-state index in [-0.39, 0.29) is 19.1 Å². The number of rotatable bonds is 5. The predicted molar refractivity (Wildman–Crippen MR) is 74.3 cm³/mol. The van der Waals surface area contributed by atoms with E-state index in [0.717, 1.165) is 29.9 Å². The number of benzene rings is 1. The number of carbonyl (C=O) groups excluding carboxylic acids is 1. The van der Waals surface area contributed by atoms with E-state index in [2.05, 4.69) is 5.32 Å². The molecule has 3 N–H and O–H groups in total. The molecular formula is C14H20N2O3. The number of anilines is 2. The molecule has 1 fully saturated rings. The van der Waals surface area contributed by atoms with Crippen molar-refractivity contribution < 1.29 is 15.0 Å². The molecule has 1 unspecified atom stereocenters. The van der Waals surface area contributed by atoms with Crippen LogP contribution < -0.4 is 10.2 Å². The molecule has 104 valence electrons. The van der Waals surface area contributed by atoms with Crippen molar-refractivity contribution in [3.8, 4) is 0 Å². The summed E-state index contributed by atoms with van der Waals surface area (Å²) in [7, 11) is 0. The summed E-state index contributed by atoms with van der Waals surface area (Å²) in [4.78, 5) is 13.5. The molecule has 5 nitrogen and oxygen atoms in total. The predicted octanol–water partition coefficient (Wildman–Crippen LogP) is 0.887. The van der Waals surface area contributed by atoms with E-state index in [0.29, 0.717) is 6.42 Å². The molecular weight excluding hydrogens is 244 g/mol. The summed E-state index contributed by atoms with van der Waals surface area (Å²) in [5.41, 5.74) is 2.80. The lowest BCUT2D eigenvalue weighted by Gasteiger charge is -2.19. The molecule has 1 amide bonds. The first kappa shape index (κ1) is 13.8. The zero-order valence-electron chi connectivity index (χ0n) is 11.1. The van der Waals surface area contributed by atoms with Crippen LogP contribution in [0.2, 0.25) is 0 Å². The van der Waals surface area contributed by atoms with Gasteiger partial charge in [0, 0.05) is 30.9 Å². The smallest absolute Gasteiger partial charge is 0.227 e. The largest absolute Gasteiger partial charge is 0.394 e. The quantitative estimate of drug-likeness (QED) is 0.738. The Morgan fingerprint density at radius 2 is 2.26 bits per heavy atom. The highest BCUT2D eigenvalue weighted by Gasteiger charge is 2.22. The SMILES string of the molecule is Cc1ccc(N2CCCC2=O)cc1NCC(O)CO. The molecule has 0 aliphatic carbocycles. The Labute approximate surface area is 112 Å². The molecule has 0 aromatic heterocycles. The Balaban J connectivity index is 2.12. The van der Waals surface area contributed by atoms with Crippen LogP contribution in [0.5, 0.6) is 0 Å². The highest BCUT2D eigenvalue weighted by molar-refractivity contribution is 5.95.